The first kappa shape index (κ1) is 13.0. The van der Waals surface area contributed by atoms with Crippen molar-refractivity contribution in [1.29, 1.82) is 0 Å². The van der Waals surface area contributed by atoms with E-state index >= 15 is 0 Å². The Hall–Kier alpha value is -1.46. The number of hydrogen-bond donors (Lipinski definition) is 1. The van der Waals surface area contributed by atoms with Crippen molar-refractivity contribution < 1.29 is 4.74 Å². The summed E-state index contributed by atoms with van der Waals surface area (Å²) in [5.74, 6) is 3.75. The number of aryl methyl sites for hydroxylation is 1. The van der Waals surface area contributed by atoms with Crippen molar-refractivity contribution in [2.75, 3.05) is 7.11 Å². The highest BCUT2D eigenvalue weighted by molar-refractivity contribution is 5.38. The zero-order valence-electron chi connectivity index (χ0n) is 11.2. The van der Waals surface area contributed by atoms with Crippen molar-refractivity contribution in [2.45, 2.75) is 44.7 Å². The Balaban J connectivity index is 2.07. The van der Waals surface area contributed by atoms with Crippen LogP contribution < -0.4 is 10.1 Å². The van der Waals surface area contributed by atoms with Gasteiger partial charge in [0.25, 0.3) is 0 Å². The summed E-state index contributed by atoms with van der Waals surface area (Å²) in [6.45, 7) is 2.12. The summed E-state index contributed by atoms with van der Waals surface area (Å²) in [4.78, 5) is 0. The molecule has 1 aromatic rings. The summed E-state index contributed by atoms with van der Waals surface area (Å²) in [5.41, 5.74) is 2.84. The molecule has 0 fully saturated rings. The minimum Gasteiger partial charge on any atom is -0.497 e. The lowest BCUT2D eigenvalue weighted by Crippen LogP contribution is -2.40. The van der Waals surface area contributed by atoms with E-state index in [9.17, 15) is 0 Å². The molecule has 2 unspecified atom stereocenters. The molecule has 18 heavy (non-hydrogen) atoms. The van der Waals surface area contributed by atoms with Crippen LogP contribution in [-0.4, -0.2) is 19.2 Å². The SMILES string of the molecule is C#CC(CC)NC1CCc2ccc(OC)cc2C1. The highest BCUT2D eigenvalue weighted by Gasteiger charge is 2.20. The maximum absolute atomic E-state index is 5.51. The molecular formula is C16H21NO. The average molecular weight is 243 g/mol. The number of benzene rings is 1. The fraction of sp³-hybridized carbons (Fsp3) is 0.500. The van der Waals surface area contributed by atoms with Crippen molar-refractivity contribution in [3.05, 3.63) is 29.3 Å². The summed E-state index contributed by atoms with van der Waals surface area (Å²) >= 11 is 0. The zero-order chi connectivity index (χ0) is 13.0. The molecule has 0 amide bonds. The van der Waals surface area contributed by atoms with E-state index in [1.54, 1.807) is 7.11 Å². The number of fused-ring (bicyclic) bond motifs is 1. The smallest absolute Gasteiger partial charge is 0.119 e. The second-order valence-electron chi connectivity index (χ2n) is 4.87. The molecule has 1 aliphatic carbocycles. The maximum Gasteiger partial charge on any atom is 0.119 e. The van der Waals surface area contributed by atoms with Crippen LogP contribution in [0.25, 0.3) is 0 Å². The number of nitrogens with one attached hydrogen (secondary N) is 1. The molecule has 1 aliphatic rings. The molecule has 2 atom stereocenters. The number of hydrogen-bond acceptors (Lipinski definition) is 2. The molecule has 0 radical (unpaired) electrons. The molecule has 0 spiro atoms. The first-order valence-corrected chi connectivity index (χ1v) is 6.64. The van der Waals surface area contributed by atoms with Crippen molar-refractivity contribution in [2.24, 2.45) is 0 Å². The van der Waals surface area contributed by atoms with Gasteiger partial charge in [-0.05, 0) is 48.9 Å². The summed E-state index contributed by atoms with van der Waals surface area (Å²) < 4.78 is 5.29. The molecule has 96 valence electrons. The van der Waals surface area contributed by atoms with Crippen LogP contribution in [0, 0.1) is 12.3 Å². The number of rotatable bonds is 4. The molecule has 2 nitrogen and oxygen atoms in total. The minimum atomic E-state index is 0.196. The lowest BCUT2D eigenvalue weighted by Gasteiger charge is -2.28. The van der Waals surface area contributed by atoms with Crippen LogP contribution in [0.3, 0.4) is 0 Å². The molecule has 1 aromatic carbocycles. The van der Waals surface area contributed by atoms with E-state index in [2.05, 4.69) is 30.3 Å². The Morgan fingerprint density at radius 2 is 2.33 bits per heavy atom. The largest absolute Gasteiger partial charge is 0.497 e. The van der Waals surface area contributed by atoms with Crippen LogP contribution in [0.15, 0.2) is 18.2 Å². The van der Waals surface area contributed by atoms with Gasteiger partial charge in [0.15, 0.2) is 0 Å². The standard InChI is InChI=1S/C16H21NO/c1-4-14(5-2)17-15-8-6-12-7-9-16(18-3)11-13(12)10-15/h1,7,9,11,14-15,17H,5-6,8,10H2,2-3H3. The Morgan fingerprint density at radius 1 is 1.50 bits per heavy atom. The van der Waals surface area contributed by atoms with Crippen molar-refractivity contribution >= 4 is 0 Å². The van der Waals surface area contributed by atoms with Gasteiger partial charge >= 0.3 is 0 Å². The average Bonchev–Trinajstić information content (AvgIpc) is 2.43. The van der Waals surface area contributed by atoms with Gasteiger partial charge in [0.2, 0.25) is 0 Å². The molecule has 0 heterocycles. The molecule has 0 saturated heterocycles. The number of terminal acetylenes is 1. The van der Waals surface area contributed by atoms with Gasteiger partial charge in [0.1, 0.15) is 5.75 Å². The van der Waals surface area contributed by atoms with Gasteiger partial charge in [-0.15, -0.1) is 6.42 Å². The van der Waals surface area contributed by atoms with Gasteiger partial charge in [0, 0.05) is 6.04 Å². The highest BCUT2D eigenvalue weighted by atomic mass is 16.5. The second kappa shape index (κ2) is 5.93. The van der Waals surface area contributed by atoms with E-state index in [1.807, 2.05) is 6.07 Å². The Bertz CT molecular complexity index is 447. The Kier molecular flexibility index (Phi) is 4.28. The Labute approximate surface area is 110 Å². The van der Waals surface area contributed by atoms with Crippen LogP contribution >= 0.6 is 0 Å². The fourth-order valence-electron chi connectivity index (χ4n) is 2.57. The van der Waals surface area contributed by atoms with E-state index in [4.69, 9.17) is 11.2 Å². The predicted octanol–water partition coefficient (Wildman–Crippen LogP) is 2.55. The molecule has 2 heteroatoms. The highest BCUT2D eigenvalue weighted by Crippen LogP contribution is 2.25. The third-order valence-electron chi connectivity index (χ3n) is 3.69. The first-order valence-electron chi connectivity index (χ1n) is 6.64. The molecular weight excluding hydrogens is 222 g/mol. The minimum absolute atomic E-state index is 0.196. The lowest BCUT2D eigenvalue weighted by atomic mass is 9.87. The van der Waals surface area contributed by atoms with Crippen LogP contribution in [0.5, 0.6) is 5.75 Å². The second-order valence-corrected chi connectivity index (χ2v) is 4.87. The molecule has 2 rings (SSSR count). The van der Waals surface area contributed by atoms with E-state index < -0.39 is 0 Å². The molecule has 1 N–H and O–H groups in total. The van der Waals surface area contributed by atoms with E-state index in [0.717, 1.165) is 31.4 Å². The fourth-order valence-corrected chi connectivity index (χ4v) is 2.57. The molecule has 0 saturated carbocycles. The monoisotopic (exact) mass is 243 g/mol. The molecule has 0 aliphatic heterocycles. The maximum atomic E-state index is 5.51. The van der Waals surface area contributed by atoms with Gasteiger partial charge in [-0.1, -0.05) is 18.9 Å². The number of methoxy groups -OCH3 is 1. The normalized spacial score (nSPS) is 19.7. The van der Waals surface area contributed by atoms with Gasteiger partial charge in [-0.25, -0.2) is 0 Å². The van der Waals surface area contributed by atoms with Gasteiger partial charge in [-0.2, -0.15) is 0 Å². The van der Waals surface area contributed by atoms with Crippen molar-refractivity contribution in [3.63, 3.8) is 0 Å². The van der Waals surface area contributed by atoms with E-state index in [1.165, 1.54) is 11.1 Å². The zero-order valence-corrected chi connectivity index (χ0v) is 11.2. The van der Waals surface area contributed by atoms with Crippen LogP contribution in [0.4, 0.5) is 0 Å². The van der Waals surface area contributed by atoms with Crippen molar-refractivity contribution in [1.82, 2.24) is 5.32 Å². The van der Waals surface area contributed by atoms with Gasteiger partial charge in [-0.3, -0.25) is 0 Å². The lowest BCUT2D eigenvalue weighted by molar-refractivity contribution is 0.407. The number of ether oxygens (including phenoxy) is 1. The van der Waals surface area contributed by atoms with Crippen LogP contribution in [0.1, 0.15) is 30.9 Å². The summed E-state index contributed by atoms with van der Waals surface area (Å²) in [5, 5.41) is 3.56. The first-order chi connectivity index (χ1) is 8.76. The molecule has 0 aromatic heterocycles. The third-order valence-corrected chi connectivity index (χ3v) is 3.69. The van der Waals surface area contributed by atoms with Gasteiger partial charge in [0.05, 0.1) is 13.2 Å². The Morgan fingerprint density at radius 3 is 3.00 bits per heavy atom. The third kappa shape index (κ3) is 2.86. The topological polar surface area (TPSA) is 21.3 Å². The van der Waals surface area contributed by atoms with E-state index in [0.29, 0.717) is 6.04 Å². The summed E-state index contributed by atoms with van der Waals surface area (Å²) in [7, 11) is 1.71. The quantitative estimate of drug-likeness (QED) is 0.821. The van der Waals surface area contributed by atoms with Crippen LogP contribution in [-0.2, 0) is 12.8 Å². The van der Waals surface area contributed by atoms with Gasteiger partial charge < -0.3 is 10.1 Å². The molecule has 0 bridgehead atoms. The van der Waals surface area contributed by atoms with Crippen LogP contribution in [0.2, 0.25) is 0 Å². The van der Waals surface area contributed by atoms with Crippen molar-refractivity contribution in [3.8, 4) is 18.1 Å². The van der Waals surface area contributed by atoms with E-state index in [-0.39, 0.29) is 6.04 Å². The summed E-state index contributed by atoms with van der Waals surface area (Å²) in [6, 6.07) is 7.07. The summed E-state index contributed by atoms with van der Waals surface area (Å²) in [6.07, 6.45) is 9.83. The predicted molar refractivity (Wildman–Crippen MR) is 74.9 cm³/mol.